The fourth-order valence-corrected chi connectivity index (χ4v) is 3.94. The predicted octanol–water partition coefficient (Wildman–Crippen LogP) is 5.69. The van der Waals surface area contributed by atoms with Crippen molar-refractivity contribution in [1.29, 1.82) is 0 Å². The number of nitrogens with zero attached hydrogens (tertiary/aromatic N) is 2. The Bertz CT molecular complexity index is 989. The first-order chi connectivity index (χ1) is 12.3. The molecule has 0 radical (unpaired) electrons. The number of benzene rings is 3. The van der Waals surface area contributed by atoms with E-state index in [2.05, 4.69) is 90.4 Å². The van der Waals surface area contributed by atoms with Gasteiger partial charge < -0.3 is 4.57 Å². The second-order valence-corrected chi connectivity index (χ2v) is 7.24. The number of rotatable bonds is 5. The highest BCUT2D eigenvalue weighted by atomic mass is 32.2. The zero-order valence-corrected chi connectivity index (χ0v) is 15.0. The average molecular weight is 344 g/mol. The van der Waals surface area contributed by atoms with E-state index in [1.807, 2.05) is 11.8 Å². The van der Waals surface area contributed by atoms with Gasteiger partial charge >= 0.3 is 0 Å². The number of aromatic nitrogens is 2. The molecule has 0 amide bonds. The smallest absolute Gasteiger partial charge is 0.120 e. The van der Waals surface area contributed by atoms with Gasteiger partial charge in [0.1, 0.15) is 5.82 Å². The summed E-state index contributed by atoms with van der Waals surface area (Å²) < 4.78 is 2.35. The Morgan fingerprint density at radius 2 is 1.68 bits per heavy atom. The maximum absolute atomic E-state index is 4.89. The molecule has 0 aliphatic carbocycles. The van der Waals surface area contributed by atoms with Crippen LogP contribution >= 0.6 is 11.8 Å². The molecular weight excluding hydrogens is 324 g/mol. The molecule has 0 bridgehead atoms. The van der Waals surface area contributed by atoms with Crippen molar-refractivity contribution in [3.05, 3.63) is 95.8 Å². The normalized spacial score (nSPS) is 11.1. The summed E-state index contributed by atoms with van der Waals surface area (Å²) in [5.74, 6) is 1.99. The van der Waals surface area contributed by atoms with Crippen molar-refractivity contribution in [3.63, 3.8) is 0 Å². The Balaban J connectivity index is 1.68. The maximum Gasteiger partial charge on any atom is 0.120 e. The van der Waals surface area contributed by atoms with Crippen LogP contribution in [0.15, 0.2) is 83.8 Å². The molecule has 4 aromatic rings. The van der Waals surface area contributed by atoms with Crippen LogP contribution in [0.1, 0.15) is 17.0 Å². The van der Waals surface area contributed by atoms with Gasteiger partial charge in [0, 0.05) is 11.4 Å². The fourth-order valence-electron chi connectivity index (χ4n) is 3.07. The quantitative estimate of drug-likeness (QED) is 0.433. The second kappa shape index (κ2) is 7.16. The van der Waals surface area contributed by atoms with Gasteiger partial charge in [0.05, 0.1) is 16.8 Å². The minimum atomic E-state index is 0.854. The van der Waals surface area contributed by atoms with E-state index in [4.69, 9.17) is 4.98 Å². The number of imidazole rings is 1. The molecular formula is C22H20N2S. The SMILES string of the molecule is Cc1cccc(Cn2c(CSc3ccccc3)nc3ccccc32)c1. The summed E-state index contributed by atoms with van der Waals surface area (Å²) in [5, 5.41) is 0. The Labute approximate surface area is 152 Å². The highest BCUT2D eigenvalue weighted by Crippen LogP contribution is 2.25. The van der Waals surface area contributed by atoms with Crippen molar-refractivity contribution in [3.8, 4) is 0 Å². The van der Waals surface area contributed by atoms with E-state index in [-0.39, 0.29) is 0 Å². The summed E-state index contributed by atoms with van der Waals surface area (Å²) in [4.78, 5) is 6.16. The van der Waals surface area contributed by atoms with E-state index in [9.17, 15) is 0 Å². The Morgan fingerprint density at radius 3 is 2.52 bits per heavy atom. The standard InChI is InChI=1S/C22H20N2S/c1-17-8-7-9-18(14-17)15-24-21-13-6-5-12-20(21)23-22(24)16-25-19-10-3-2-4-11-19/h2-14H,15-16H2,1H3. The van der Waals surface area contributed by atoms with E-state index < -0.39 is 0 Å². The third-order valence-electron chi connectivity index (χ3n) is 4.27. The molecule has 3 heteroatoms. The van der Waals surface area contributed by atoms with Gasteiger partial charge in [-0.1, -0.05) is 60.2 Å². The van der Waals surface area contributed by atoms with Crippen LogP contribution in [0, 0.1) is 6.92 Å². The molecule has 0 aliphatic rings. The molecule has 124 valence electrons. The van der Waals surface area contributed by atoms with Gasteiger partial charge in [0.2, 0.25) is 0 Å². The van der Waals surface area contributed by atoms with Crippen LogP contribution in [0.3, 0.4) is 0 Å². The molecule has 2 nitrogen and oxygen atoms in total. The number of hydrogen-bond acceptors (Lipinski definition) is 2. The molecule has 0 N–H and O–H groups in total. The van der Waals surface area contributed by atoms with Gasteiger partial charge in [-0.15, -0.1) is 11.8 Å². The summed E-state index contributed by atoms with van der Waals surface area (Å²) in [6.07, 6.45) is 0. The summed E-state index contributed by atoms with van der Waals surface area (Å²) in [7, 11) is 0. The lowest BCUT2D eigenvalue weighted by atomic mass is 10.1. The minimum Gasteiger partial charge on any atom is -0.323 e. The second-order valence-electron chi connectivity index (χ2n) is 6.19. The molecule has 0 fully saturated rings. The zero-order valence-electron chi connectivity index (χ0n) is 14.2. The third kappa shape index (κ3) is 3.62. The van der Waals surface area contributed by atoms with Crippen molar-refractivity contribution in [1.82, 2.24) is 9.55 Å². The first-order valence-corrected chi connectivity index (χ1v) is 9.46. The summed E-state index contributed by atoms with van der Waals surface area (Å²) in [6, 6.07) is 27.6. The van der Waals surface area contributed by atoms with Gasteiger partial charge in [-0.25, -0.2) is 4.98 Å². The summed E-state index contributed by atoms with van der Waals surface area (Å²) in [6.45, 7) is 2.99. The van der Waals surface area contributed by atoms with E-state index in [1.165, 1.54) is 21.5 Å². The molecule has 1 heterocycles. The van der Waals surface area contributed by atoms with Crippen molar-refractivity contribution in [2.24, 2.45) is 0 Å². The highest BCUT2D eigenvalue weighted by Gasteiger charge is 2.11. The molecule has 0 unspecified atom stereocenters. The van der Waals surface area contributed by atoms with E-state index in [1.54, 1.807) is 0 Å². The molecule has 25 heavy (non-hydrogen) atoms. The van der Waals surface area contributed by atoms with Crippen LogP contribution < -0.4 is 0 Å². The van der Waals surface area contributed by atoms with Crippen molar-refractivity contribution in [2.75, 3.05) is 0 Å². The molecule has 3 aromatic carbocycles. The number of thioether (sulfide) groups is 1. The molecule has 0 aliphatic heterocycles. The van der Waals surface area contributed by atoms with E-state index in [0.29, 0.717) is 0 Å². The lowest BCUT2D eigenvalue weighted by molar-refractivity contribution is 0.779. The summed E-state index contributed by atoms with van der Waals surface area (Å²) in [5.41, 5.74) is 4.88. The lowest BCUT2D eigenvalue weighted by Gasteiger charge is -2.10. The van der Waals surface area contributed by atoms with Crippen LogP contribution in [0.25, 0.3) is 11.0 Å². The lowest BCUT2D eigenvalue weighted by Crippen LogP contribution is -2.04. The Hall–Kier alpha value is -2.52. The van der Waals surface area contributed by atoms with Crippen LogP contribution in [-0.2, 0) is 12.3 Å². The topological polar surface area (TPSA) is 17.8 Å². The summed E-state index contributed by atoms with van der Waals surface area (Å²) >= 11 is 1.83. The Kier molecular flexibility index (Phi) is 4.57. The van der Waals surface area contributed by atoms with Crippen LogP contribution in [-0.4, -0.2) is 9.55 Å². The highest BCUT2D eigenvalue weighted by molar-refractivity contribution is 7.98. The molecule has 0 saturated carbocycles. The van der Waals surface area contributed by atoms with Crippen LogP contribution in [0.2, 0.25) is 0 Å². The number of fused-ring (bicyclic) bond motifs is 1. The maximum atomic E-state index is 4.89. The number of hydrogen-bond donors (Lipinski definition) is 0. The van der Waals surface area contributed by atoms with Crippen LogP contribution in [0.5, 0.6) is 0 Å². The first kappa shape index (κ1) is 16.0. The van der Waals surface area contributed by atoms with Crippen LogP contribution in [0.4, 0.5) is 0 Å². The molecule has 0 atom stereocenters. The first-order valence-electron chi connectivity index (χ1n) is 8.47. The molecule has 1 aromatic heterocycles. The van der Waals surface area contributed by atoms with Gasteiger partial charge in [0.15, 0.2) is 0 Å². The largest absolute Gasteiger partial charge is 0.323 e. The van der Waals surface area contributed by atoms with E-state index in [0.717, 1.165) is 23.6 Å². The third-order valence-corrected chi connectivity index (χ3v) is 5.28. The van der Waals surface area contributed by atoms with Crippen molar-refractivity contribution < 1.29 is 0 Å². The van der Waals surface area contributed by atoms with Gasteiger partial charge in [-0.2, -0.15) is 0 Å². The molecule has 4 rings (SSSR count). The molecule has 0 saturated heterocycles. The Morgan fingerprint density at radius 1 is 0.880 bits per heavy atom. The number of para-hydroxylation sites is 2. The van der Waals surface area contributed by atoms with Crippen molar-refractivity contribution in [2.45, 2.75) is 24.1 Å². The van der Waals surface area contributed by atoms with Gasteiger partial charge in [-0.05, 0) is 36.8 Å². The molecule has 0 spiro atoms. The number of aryl methyl sites for hydroxylation is 1. The zero-order chi connectivity index (χ0) is 17.1. The monoisotopic (exact) mass is 344 g/mol. The van der Waals surface area contributed by atoms with E-state index >= 15 is 0 Å². The minimum absolute atomic E-state index is 0.854. The fraction of sp³-hybridized carbons (Fsp3) is 0.136. The van der Waals surface area contributed by atoms with Crippen molar-refractivity contribution >= 4 is 22.8 Å². The average Bonchev–Trinajstić information content (AvgIpc) is 2.99. The predicted molar refractivity (Wildman–Crippen MR) is 106 cm³/mol. The van der Waals surface area contributed by atoms with Gasteiger partial charge in [-0.3, -0.25) is 0 Å². The van der Waals surface area contributed by atoms with Gasteiger partial charge in [0.25, 0.3) is 0 Å².